The van der Waals surface area contributed by atoms with Crippen molar-refractivity contribution in [3.8, 4) is 0 Å². The van der Waals surface area contributed by atoms with Gasteiger partial charge in [0.05, 0.1) is 0 Å². The van der Waals surface area contributed by atoms with Gasteiger partial charge in [-0.3, -0.25) is 4.79 Å². The minimum absolute atomic E-state index is 0.417. The second kappa shape index (κ2) is 5.74. The second-order valence-corrected chi connectivity index (χ2v) is 5.86. The van der Waals surface area contributed by atoms with E-state index in [-0.39, 0.29) is 0 Å². The Labute approximate surface area is 124 Å². The van der Waals surface area contributed by atoms with Gasteiger partial charge >= 0.3 is 0 Å². The Bertz CT molecular complexity index is 678. The molecule has 4 nitrogen and oxygen atoms in total. The smallest absolute Gasteiger partial charge is 0.241 e. The third kappa shape index (κ3) is 3.00. The molecule has 0 spiro atoms. The molecule has 0 atom stereocenters. The van der Waals surface area contributed by atoms with Crippen LogP contribution < -0.4 is 5.73 Å². The highest BCUT2D eigenvalue weighted by Crippen LogP contribution is 2.33. The summed E-state index contributed by atoms with van der Waals surface area (Å²) >= 11 is 0. The zero-order valence-corrected chi connectivity index (χ0v) is 12.3. The van der Waals surface area contributed by atoms with Crippen molar-refractivity contribution in [2.24, 2.45) is 5.73 Å². The van der Waals surface area contributed by atoms with Crippen LogP contribution in [0.2, 0.25) is 0 Å². The molecule has 2 aromatic rings. The fraction of sp³-hybridized carbons (Fsp3) is 0.353. The number of carbonyl (C=O) groups excluding carboxylic acids is 1. The summed E-state index contributed by atoms with van der Waals surface area (Å²) in [6.07, 6.45) is 7.72. The van der Waals surface area contributed by atoms with E-state index in [9.17, 15) is 4.79 Å². The maximum Gasteiger partial charge on any atom is 0.241 e. The summed E-state index contributed by atoms with van der Waals surface area (Å²) in [5, 5.41) is 1.26. The SMILES string of the molecule is CN1CCC(c2c[nH]c3ccc(/C=C/C(N)=O)cc23)CC1. The highest BCUT2D eigenvalue weighted by molar-refractivity contribution is 5.92. The van der Waals surface area contributed by atoms with Crippen LogP contribution >= 0.6 is 0 Å². The summed E-state index contributed by atoms with van der Waals surface area (Å²) in [6, 6.07) is 6.20. The number of amides is 1. The van der Waals surface area contributed by atoms with E-state index in [0.29, 0.717) is 5.92 Å². The number of fused-ring (bicyclic) bond motifs is 1. The molecule has 1 aromatic heterocycles. The first-order chi connectivity index (χ1) is 10.1. The van der Waals surface area contributed by atoms with Crippen LogP contribution in [0.4, 0.5) is 0 Å². The Morgan fingerprint density at radius 3 is 2.86 bits per heavy atom. The average Bonchev–Trinajstić information content (AvgIpc) is 2.89. The molecule has 3 N–H and O–H groups in total. The van der Waals surface area contributed by atoms with Gasteiger partial charge in [-0.2, -0.15) is 0 Å². The largest absolute Gasteiger partial charge is 0.366 e. The van der Waals surface area contributed by atoms with Crippen LogP contribution in [0.15, 0.2) is 30.5 Å². The lowest BCUT2D eigenvalue weighted by atomic mass is 9.89. The van der Waals surface area contributed by atoms with Crippen molar-refractivity contribution in [1.82, 2.24) is 9.88 Å². The van der Waals surface area contributed by atoms with Gasteiger partial charge in [0.25, 0.3) is 0 Å². The van der Waals surface area contributed by atoms with Crippen LogP contribution in [-0.4, -0.2) is 35.9 Å². The number of aromatic nitrogens is 1. The Balaban J connectivity index is 1.92. The minimum Gasteiger partial charge on any atom is -0.366 e. The molecule has 0 bridgehead atoms. The molecule has 1 amide bonds. The van der Waals surface area contributed by atoms with Gasteiger partial charge in [0.2, 0.25) is 5.91 Å². The van der Waals surface area contributed by atoms with Gasteiger partial charge in [0, 0.05) is 23.2 Å². The summed E-state index contributed by atoms with van der Waals surface area (Å²) in [5.41, 5.74) is 8.71. The van der Waals surface area contributed by atoms with Crippen molar-refractivity contribution < 1.29 is 4.79 Å². The highest BCUT2D eigenvalue weighted by Gasteiger charge is 2.20. The van der Waals surface area contributed by atoms with Crippen molar-refractivity contribution in [3.63, 3.8) is 0 Å². The fourth-order valence-electron chi connectivity index (χ4n) is 3.10. The molecule has 1 aliphatic heterocycles. The lowest BCUT2D eigenvalue weighted by Gasteiger charge is -2.28. The number of benzene rings is 1. The maximum atomic E-state index is 10.9. The summed E-state index contributed by atoms with van der Waals surface area (Å²) < 4.78 is 0. The number of nitrogens with two attached hydrogens (primary N) is 1. The fourth-order valence-corrected chi connectivity index (χ4v) is 3.10. The first-order valence-corrected chi connectivity index (χ1v) is 7.40. The van der Waals surface area contributed by atoms with Gasteiger partial charge < -0.3 is 15.6 Å². The van der Waals surface area contributed by atoms with Gasteiger partial charge in [-0.25, -0.2) is 0 Å². The summed E-state index contributed by atoms with van der Waals surface area (Å²) in [5.74, 6) is 0.199. The summed E-state index contributed by atoms with van der Waals surface area (Å²) in [7, 11) is 2.18. The molecule has 1 fully saturated rings. The number of likely N-dealkylation sites (tertiary alicyclic amines) is 1. The first kappa shape index (κ1) is 13.9. The third-order valence-electron chi connectivity index (χ3n) is 4.34. The summed E-state index contributed by atoms with van der Waals surface area (Å²) in [4.78, 5) is 16.6. The monoisotopic (exact) mass is 283 g/mol. The summed E-state index contributed by atoms with van der Waals surface area (Å²) in [6.45, 7) is 2.30. The molecular formula is C17H21N3O. The zero-order valence-electron chi connectivity index (χ0n) is 12.3. The molecule has 0 unspecified atom stereocenters. The highest BCUT2D eigenvalue weighted by atomic mass is 16.1. The molecule has 1 saturated heterocycles. The molecule has 1 aromatic carbocycles. The molecule has 110 valence electrons. The van der Waals surface area contributed by atoms with Crippen molar-refractivity contribution >= 4 is 22.9 Å². The van der Waals surface area contributed by atoms with E-state index in [1.54, 1.807) is 6.08 Å². The molecule has 1 aliphatic rings. The Morgan fingerprint density at radius 1 is 1.38 bits per heavy atom. The normalized spacial score (nSPS) is 17.8. The Morgan fingerprint density at radius 2 is 2.14 bits per heavy atom. The number of nitrogens with one attached hydrogen (secondary N) is 1. The Hall–Kier alpha value is -2.07. The van der Waals surface area contributed by atoms with E-state index in [1.165, 1.54) is 29.9 Å². The predicted molar refractivity (Wildman–Crippen MR) is 86.0 cm³/mol. The lowest BCUT2D eigenvalue weighted by molar-refractivity contribution is -0.113. The molecule has 0 saturated carbocycles. The third-order valence-corrected chi connectivity index (χ3v) is 4.34. The number of hydrogen-bond donors (Lipinski definition) is 2. The van der Waals surface area contributed by atoms with E-state index in [1.807, 2.05) is 6.07 Å². The van der Waals surface area contributed by atoms with Crippen molar-refractivity contribution in [2.75, 3.05) is 20.1 Å². The molecule has 0 radical (unpaired) electrons. The van der Waals surface area contributed by atoms with Crippen LogP contribution in [0.1, 0.15) is 29.9 Å². The van der Waals surface area contributed by atoms with Crippen molar-refractivity contribution in [3.05, 3.63) is 41.6 Å². The van der Waals surface area contributed by atoms with E-state index in [0.717, 1.165) is 24.2 Å². The number of nitrogens with zero attached hydrogens (tertiary/aromatic N) is 1. The Kier molecular flexibility index (Phi) is 3.80. The van der Waals surface area contributed by atoms with E-state index >= 15 is 0 Å². The van der Waals surface area contributed by atoms with Crippen molar-refractivity contribution in [1.29, 1.82) is 0 Å². The van der Waals surface area contributed by atoms with E-state index in [4.69, 9.17) is 5.73 Å². The van der Waals surface area contributed by atoms with Gasteiger partial charge in [-0.1, -0.05) is 6.07 Å². The number of primary amides is 1. The number of hydrogen-bond acceptors (Lipinski definition) is 2. The molecule has 2 heterocycles. The number of piperidine rings is 1. The molecule has 21 heavy (non-hydrogen) atoms. The van der Waals surface area contributed by atoms with Crippen LogP contribution in [0.3, 0.4) is 0 Å². The standard InChI is InChI=1S/C17H21N3O/c1-20-8-6-13(7-9-20)15-11-19-16-4-2-12(10-14(15)16)3-5-17(18)21/h2-5,10-11,13,19H,6-9H2,1H3,(H2,18,21)/b5-3+. The molecule has 3 rings (SSSR count). The van der Waals surface area contributed by atoms with Crippen LogP contribution in [0.25, 0.3) is 17.0 Å². The second-order valence-electron chi connectivity index (χ2n) is 5.86. The van der Waals surface area contributed by atoms with Crippen LogP contribution in [0, 0.1) is 0 Å². The predicted octanol–water partition coefficient (Wildman–Crippen LogP) is 2.48. The minimum atomic E-state index is -0.417. The quantitative estimate of drug-likeness (QED) is 0.850. The topological polar surface area (TPSA) is 62.1 Å². The van der Waals surface area contributed by atoms with Gasteiger partial charge in [0.15, 0.2) is 0 Å². The van der Waals surface area contributed by atoms with E-state index < -0.39 is 5.91 Å². The molecule has 0 aliphatic carbocycles. The first-order valence-electron chi connectivity index (χ1n) is 7.40. The van der Waals surface area contributed by atoms with Crippen LogP contribution in [-0.2, 0) is 4.79 Å². The molecule has 4 heteroatoms. The average molecular weight is 283 g/mol. The lowest BCUT2D eigenvalue weighted by Crippen LogP contribution is -2.29. The van der Waals surface area contributed by atoms with Crippen LogP contribution in [0.5, 0.6) is 0 Å². The zero-order chi connectivity index (χ0) is 14.8. The van der Waals surface area contributed by atoms with Gasteiger partial charge in [0.1, 0.15) is 0 Å². The van der Waals surface area contributed by atoms with Crippen molar-refractivity contribution in [2.45, 2.75) is 18.8 Å². The number of carbonyl (C=O) groups is 1. The molecular weight excluding hydrogens is 262 g/mol. The number of H-pyrrole nitrogens is 1. The van der Waals surface area contributed by atoms with E-state index in [2.05, 4.69) is 35.3 Å². The number of aromatic amines is 1. The van der Waals surface area contributed by atoms with Gasteiger partial charge in [-0.15, -0.1) is 0 Å². The number of rotatable bonds is 3. The van der Waals surface area contributed by atoms with Gasteiger partial charge in [-0.05, 0) is 68.2 Å². The maximum absolute atomic E-state index is 10.9.